The molecule has 2 rings (SSSR count). The van der Waals surface area contributed by atoms with E-state index in [0.717, 1.165) is 36.7 Å². The highest BCUT2D eigenvalue weighted by Crippen LogP contribution is 2.28. The van der Waals surface area contributed by atoms with Crippen LogP contribution in [0.2, 0.25) is 0 Å². The van der Waals surface area contributed by atoms with Crippen molar-refractivity contribution in [1.82, 2.24) is 4.90 Å². The maximum atomic E-state index is 12.5. The molecule has 4 nitrogen and oxygen atoms in total. The molecule has 4 heteroatoms. The second-order valence-electron chi connectivity index (χ2n) is 5.72. The minimum atomic E-state index is 0.0456. The molecule has 0 bridgehead atoms. The Morgan fingerprint density at radius 3 is 2.86 bits per heavy atom. The first kappa shape index (κ1) is 15.8. The number of hydrogen-bond acceptors (Lipinski definition) is 3. The average Bonchev–Trinajstić information content (AvgIpc) is 3.33. The van der Waals surface area contributed by atoms with E-state index >= 15 is 0 Å². The molecule has 0 aliphatic heterocycles. The number of anilines is 1. The molecule has 1 saturated carbocycles. The fraction of sp³-hybridized carbons (Fsp3) is 0.588. The van der Waals surface area contributed by atoms with Crippen molar-refractivity contribution in [2.24, 2.45) is 5.92 Å². The largest absolute Gasteiger partial charge is 0.384 e. The molecule has 0 spiro atoms. The zero-order valence-corrected chi connectivity index (χ0v) is 13.1. The topological polar surface area (TPSA) is 41.6 Å². The van der Waals surface area contributed by atoms with E-state index in [0.29, 0.717) is 13.2 Å². The molecule has 1 N–H and O–H groups in total. The van der Waals surface area contributed by atoms with Gasteiger partial charge in [0, 0.05) is 32.4 Å². The summed E-state index contributed by atoms with van der Waals surface area (Å²) in [6, 6.07) is 7.69. The molecule has 116 valence electrons. The number of carbonyl (C=O) groups is 1. The number of nitrogens with zero attached hydrogens (tertiary/aromatic N) is 1. The van der Waals surface area contributed by atoms with Crippen LogP contribution in [0.4, 0.5) is 5.69 Å². The van der Waals surface area contributed by atoms with Crippen LogP contribution in [0.3, 0.4) is 0 Å². The van der Waals surface area contributed by atoms with Crippen molar-refractivity contribution in [3.8, 4) is 0 Å². The van der Waals surface area contributed by atoms with Crippen LogP contribution in [-0.2, 0) is 4.74 Å². The van der Waals surface area contributed by atoms with Gasteiger partial charge in [-0.3, -0.25) is 4.79 Å². The van der Waals surface area contributed by atoms with Gasteiger partial charge in [-0.05, 0) is 37.3 Å². The molecule has 1 aliphatic rings. The van der Waals surface area contributed by atoms with Gasteiger partial charge < -0.3 is 15.0 Å². The summed E-state index contributed by atoms with van der Waals surface area (Å²) >= 11 is 0. The predicted molar refractivity (Wildman–Crippen MR) is 85.7 cm³/mol. The lowest BCUT2D eigenvalue weighted by Crippen LogP contribution is -2.31. The van der Waals surface area contributed by atoms with Gasteiger partial charge in [0.1, 0.15) is 0 Å². The van der Waals surface area contributed by atoms with Crippen LogP contribution in [0.1, 0.15) is 36.5 Å². The standard InChI is InChI=1S/C17H26N2O2/c1-3-10-18-16-7-5-4-6-15(16)17(20)19(2)11-12-21-13-14-8-9-14/h4-7,14,18H,3,8-13H2,1-2H3. The minimum Gasteiger partial charge on any atom is -0.384 e. The van der Waals surface area contributed by atoms with E-state index in [9.17, 15) is 4.79 Å². The van der Waals surface area contributed by atoms with Crippen molar-refractivity contribution in [1.29, 1.82) is 0 Å². The Balaban J connectivity index is 1.84. The van der Waals surface area contributed by atoms with E-state index in [1.165, 1.54) is 12.8 Å². The summed E-state index contributed by atoms with van der Waals surface area (Å²) in [6.45, 7) is 5.08. The van der Waals surface area contributed by atoms with Gasteiger partial charge in [-0.15, -0.1) is 0 Å². The second kappa shape index (κ2) is 8.03. The first-order valence-electron chi connectivity index (χ1n) is 7.88. The molecule has 1 fully saturated rings. The van der Waals surface area contributed by atoms with Gasteiger partial charge in [-0.1, -0.05) is 19.1 Å². The number of likely N-dealkylation sites (N-methyl/N-ethyl adjacent to an activating group) is 1. The number of benzene rings is 1. The van der Waals surface area contributed by atoms with Crippen molar-refractivity contribution in [2.75, 3.05) is 38.7 Å². The summed E-state index contributed by atoms with van der Waals surface area (Å²) in [6.07, 6.45) is 3.63. The molecule has 1 amide bonds. The zero-order chi connectivity index (χ0) is 15.1. The molecule has 0 unspecified atom stereocenters. The van der Waals surface area contributed by atoms with E-state index in [1.54, 1.807) is 4.90 Å². The fourth-order valence-corrected chi connectivity index (χ4v) is 2.13. The number of nitrogens with one attached hydrogen (secondary N) is 1. The minimum absolute atomic E-state index is 0.0456. The molecule has 21 heavy (non-hydrogen) atoms. The average molecular weight is 290 g/mol. The number of rotatable bonds is 9. The van der Waals surface area contributed by atoms with E-state index in [1.807, 2.05) is 31.3 Å². The summed E-state index contributed by atoms with van der Waals surface area (Å²) < 4.78 is 5.60. The monoisotopic (exact) mass is 290 g/mol. The van der Waals surface area contributed by atoms with E-state index in [2.05, 4.69) is 12.2 Å². The molecule has 0 radical (unpaired) electrons. The number of para-hydroxylation sites is 1. The lowest BCUT2D eigenvalue weighted by Gasteiger charge is -2.19. The SMILES string of the molecule is CCCNc1ccccc1C(=O)N(C)CCOCC1CC1. The smallest absolute Gasteiger partial charge is 0.255 e. The molecule has 0 saturated heterocycles. The predicted octanol–water partition coefficient (Wildman–Crippen LogP) is 3.01. The van der Waals surface area contributed by atoms with Gasteiger partial charge in [0.15, 0.2) is 0 Å². The number of amides is 1. The van der Waals surface area contributed by atoms with Gasteiger partial charge in [0.2, 0.25) is 0 Å². The van der Waals surface area contributed by atoms with E-state index < -0.39 is 0 Å². The maximum Gasteiger partial charge on any atom is 0.255 e. The molecule has 0 atom stereocenters. The van der Waals surface area contributed by atoms with Crippen LogP contribution in [0.15, 0.2) is 24.3 Å². The quantitative estimate of drug-likeness (QED) is 0.711. The van der Waals surface area contributed by atoms with Crippen molar-refractivity contribution < 1.29 is 9.53 Å². The number of hydrogen-bond donors (Lipinski definition) is 1. The summed E-state index contributed by atoms with van der Waals surface area (Å²) in [5.41, 5.74) is 1.64. The van der Waals surface area contributed by atoms with Gasteiger partial charge in [0.05, 0.1) is 12.2 Å². The lowest BCUT2D eigenvalue weighted by molar-refractivity contribution is 0.0682. The summed E-state index contributed by atoms with van der Waals surface area (Å²) in [4.78, 5) is 14.2. The van der Waals surface area contributed by atoms with Crippen molar-refractivity contribution in [3.63, 3.8) is 0 Å². The van der Waals surface area contributed by atoms with Crippen LogP contribution in [0.5, 0.6) is 0 Å². The Morgan fingerprint density at radius 2 is 2.14 bits per heavy atom. The third kappa shape index (κ3) is 5.05. The van der Waals surface area contributed by atoms with Gasteiger partial charge in [-0.25, -0.2) is 0 Å². The number of carbonyl (C=O) groups excluding carboxylic acids is 1. The number of ether oxygens (including phenoxy) is 1. The van der Waals surface area contributed by atoms with Gasteiger partial charge in [-0.2, -0.15) is 0 Å². The molecule has 0 aromatic heterocycles. The molecule has 1 aromatic rings. The van der Waals surface area contributed by atoms with E-state index in [-0.39, 0.29) is 5.91 Å². The summed E-state index contributed by atoms with van der Waals surface area (Å²) in [5.74, 6) is 0.814. The van der Waals surface area contributed by atoms with Crippen LogP contribution in [0, 0.1) is 5.92 Å². The summed E-state index contributed by atoms with van der Waals surface area (Å²) in [7, 11) is 1.83. The third-order valence-electron chi connectivity index (χ3n) is 3.69. The zero-order valence-electron chi connectivity index (χ0n) is 13.1. The van der Waals surface area contributed by atoms with Crippen LogP contribution >= 0.6 is 0 Å². The van der Waals surface area contributed by atoms with Gasteiger partial charge >= 0.3 is 0 Å². The summed E-state index contributed by atoms with van der Waals surface area (Å²) in [5, 5.41) is 3.31. The highest BCUT2D eigenvalue weighted by atomic mass is 16.5. The first-order valence-corrected chi connectivity index (χ1v) is 7.88. The van der Waals surface area contributed by atoms with Crippen LogP contribution in [0.25, 0.3) is 0 Å². The van der Waals surface area contributed by atoms with Gasteiger partial charge in [0.25, 0.3) is 5.91 Å². The Labute approximate surface area is 127 Å². The molecule has 1 aliphatic carbocycles. The lowest BCUT2D eigenvalue weighted by atomic mass is 10.1. The first-order chi connectivity index (χ1) is 10.2. The molecular formula is C17H26N2O2. The molecule has 1 aromatic carbocycles. The van der Waals surface area contributed by atoms with Crippen molar-refractivity contribution in [3.05, 3.63) is 29.8 Å². The normalized spacial score (nSPS) is 14.0. The Morgan fingerprint density at radius 1 is 1.38 bits per heavy atom. The molecular weight excluding hydrogens is 264 g/mol. The Kier molecular flexibility index (Phi) is 6.05. The highest BCUT2D eigenvalue weighted by Gasteiger charge is 2.21. The Bertz CT molecular complexity index is 458. The van der Waals surface area contributed by atoms with Crippen molar-refractivity contribution >= 4 is 11.6 Å². The van der Waals surface area contributed by atoms with E-state index in [4.69, 9.17) is 4.74 Å². The second-order valence-corrected chi connectivity index (χ2v) is 5.72. The van der Waals surface area contributed by atoms with Crippen molar-refractivity contribution in [2.45, 2.75) is 26.2 Å². The van der Waals surface area contributed by atoms with Crippen LogP contribution < -0.4 is 5.32 Å². The highest BCUT2D eigenvalue weighted by molar-refractivity contribution is 5.99. The molecule has 0 heterocycles. The maximum absolute atomic E-state index is 12.5. The Hall–Kier alpha value is -1.55. The fourth-order valence-electron chi connectivity index (χ4n) is 2.13. The van der Waals surface area contributed by atoms with Crippen LogP contribution in [-0.4, -0.2) is 44.2 Å². The third-order valence-corrected chi connectivity index (χ3v) is 3.69.